The largest absolute Gasteiger partial charge is 0.413 e. The zero-order valence-corrected chi connectivity index (χ0v) is 19.9. The number of aliphatic hydroxyl groups excluding tert-OH is 1. The smallest absolute Gasteiger partial charge is 0.192 e. The fourth-order valence-corrected chi connectivity index (χ4v) is 4.73. The van der Waals surface area contributed by atoms with E-state index in [1.807, 2.05) is 0 Å². The van der Waals surface area contributed by atoms with Gasteiger partial charge >= 0.3 is 0 Å². The Hall–Kier alpha value is -0.0162. The first-order valence-electron chi connectivity index (χ1n) is 9.23. The number of alkyl halides is 1. The monoisotopic (exact) mass is 390 g/mol. The van der Waals surface area contributed by atoms with E-state index < -0.39 is 34.5 Å². The molecule has 0 bridgehead atoms. The highest BCUT2D eigenvalue weighted by Crippen LogP contribution is 2.47. The number of hydrogen-bond donors (Lipinski definition) is 1. The van der Waals surface area contributed by atoms with Crippen molar-refractivity contribution in [3.63, 3.8) is 0 Å². The summed E-state index contributed by atoms with van der Waals surface area (Å²) in [5.41, 5.74) is -1.63. The standard InChI is InChI=1S/C19H39FO3Si2/c1-14-15(21)12-16(23-25(10,11)18(5,6)7)19(14,20)13-22-24(8,9)17(2,3)4/h15-16,21H,1,12-13H2,2-11H3/t15-,16+,19-/m1/s1. The Bertz CT molecular complexity index is 506. The molecule has 0 amide bonds. The van der Waals surface area contributed by atoms with E-state index in [0.717, 1.165) is 0 Å². The van der Waals surface area contributed by atoms with E-state index in [1.165, 1.54) is 0 Å². The Morgan fingerprint density at radius 3 is 1.92 bits per heavy atom. The van der Waals surface area contributed by atoms with Crippen LogP contribution in [0.3, 0.4) is 0 Å². The van der Waals surface area contributed by atoms with Crippen molar-refractivity contribution in [3.8, 4) is 0 Å². The van der Waals surface area contributed by atoms with Gasteiger partial charge in [0.2, 0.25) is 0 Å². The summed E-state index contributed by atoms with van der Waals surface area (Å²) in [7, 11) is -4.27. The Morgan fingerprint density at radius 1 is 1.08 bits per heavy atom. The van der Waals surface area contributed by atoms with Gasteiger partial charge in [-0.1, -0.05) is 48.1 Å². The van der Waals surface area contributed by atoms with Gasteiger partial charge in [-0.05, 0) is 41.8 Å². The summed E-state index contributed by atoms with van der Waals surface area (Å²) in [6.07, 6.45) is -1.31. The third-order valence-corrected chi connectivity index (χ3v) is 15.5. The maximum Gasteiger partial charge on any atom is 0.192 e. The molecule has 1 aliphatic rings. The van der Waals surface area contributed by atoms with E-state index in [1.54, 1.807) is 0 Å². The van der Waals surface area contributed by atoms with Gasteiger partial charge < -0.3 is 14.0 Å². The lowest BCUT2D eigenvalue weighted by atomic mass is 9.99. The van der Waals surface area contributed by atoms with Gasteiger partial charge in [-0.25, -0.2) is 4.39 Å². The van der Waals surface area contributed by atoms with Gasteiger partial charge in [0.15, 0.2) is 22.3 Å². The van der Waals surface area contributed by atoms with E-state index >= 15 is 4.39 Å². The molecule has 3 atom stereocenters. The third-order valence-electron chi connectivity index (χ3n) is 6.58. The Kier molecular flexibility index (Phi) is 6.32. The number of aliphatic hydroxyl groups is 1. The van der Waals surface area contributed by atoms with E-state index in [2.05, 4.69) is 74.3 Å². The molecule has 0 aromatic rings. The molecule has 0 unspecified atom stereocenters. The molecule has 1 saturated carbocycles. The minimum absolute atomic E-state index is 0.00228. The van der Waals surface area contributed by atoms with Gasteiger partial charge in [0, 0.05) is 6.42 Å². The van der Waals surface area contributed by atoms with Crippen molar-refractivity contribution in [2.45, 2.75) is 102 Å². The fourth-order valence-electron chi connectivity index (χ4n) is 2.38. The Morgan fingerprint density at radius 2 is 1.52 bits per heavy atom. The van der Waals surface area contributed by atoms with Crippen LogP contribution in [0, 0.1) is 0 Å². The number of rotatable bonds is 5. The van der Waals surface area contributed by atoms with E-state index in [4.69, 9.17) is 8.85 Å². The van der Waals surface area contributed by atoms with Crippen LogP contribution in [-0.4, -0.2) is 46.2 Å². The van der Waals surface area contributed by atoms with Crippen LogP contribution in [0.2, 0.25) is 36.3 Å². The second-order valence-electron chi connectivity index (χ2n) is 10.6. The van der Waals surface area contributed by atoms with Crippen molar-refractivity contribution >= 4 is 16.6 Å². The van der Waals surface area contributed by atoms with Crippen LogP contribution in [0.15, 0.2) is 12.2 Å². The number of halogens is 1. The topological polar surface area (TPSA) is 38.7 Å². The highest BCUT2D eigenvalue weighted by atomic mass is 28.4. The minimum Gasteiger partial charge on any atom is -0.413 e. The lowest BCUT2D eigenvalue weighted by Gasteiger charge is -2.43. The molecule has 1 fully saturated rings. The molecule has 1 aliphatic carbocycles. The van der Waals surface area contributed by atoms with Crippen LogP contribution >= 0.6 is 0 Å². The van der Waals surface area contributed by atoms with Crippen molar-refractivity contribution in [2.75, 3.05) is 6.61 Å². The molecule has 0 saturated heterocycles. The summed E-state index contributed by atoms with van der Waals surface area (Å²) in [5.74, 6) is 0. The maximum atomic E-state index is 16.0. The highest BCUT2D eigenvalue weighted by molar-refractivity contribution is 6.74. The lowest BCUT2D eigenvalue weighted by molar-refractivity contribution is 0.00804. The summed E-state index contributed by atoms with van der Waals surface area (Å²) < 4.78 is 28.5. The van der Waals surface area contributed by atoms with Crippen molar-refractivity contribution in [2.24, 2.45) is 0 Å². The van der Waals surface area contributed by atoms with Gasteiger partial charge in [-0.15, -0.1) is 0 Å². The van der Waals surface area contributed by atoms with Gasteiger partial charge in [0.25, 0.3) is 0 Å². The Labute approximate surface area is 156 Å². The third kappa shape index (κ3) is 4.64. The summed E-state index contributed by atoms with van der Waals surface area (Å²) in [4.78, 5) is 0. The molecule has 3 nitrogen and oxygen atoms in total. The average Bonchev–Trinajstić information content (AvgIpc) is 2.59. The first-order valence-corrected chi connectivity index (χ1v) is 15.0. The predicted molar refractivity (Wildman–Crippen MR) is 109 cm³/mol. The van der Waals surface area contributed by atoms with Crippen LogP contribution < -0.4 is 0 Å². The predicted octanol–water partition coefficient (Wildman–Crippen LogP) is 5.43. The van der Waals surface area contributed by atoms with Crippen molar-refractivity contribution in [1.29, 1.82) is 0 Å². The normalized spacial score (nSPS) is 29.4. The molecule has 1 N–H and O–H groups in total. The average molecular weight is 391 g/mol. The first-order chi connectivity index (χ1) is 10.9. The summed E-state index contributed by atoms with van der Waals surface area (Å²) in [5, 5.41) is 10.2. The van der Waals surface area contributed by atoms with Gasteiger partial charge in [-0.3, -0.25) is 0 Å². The summed E-state index contributed by atoms with van der Waals surface area (Å²) in [6.45, 7) is 25.0. The van der Waals surface area contributed by atoms with Crippen molar-refractivity contribution in [1.82, 2.24) is 0 Å². The molecule has 148 valence electrons. The molecule has 0 aromatic carbocycles. The second kappa shape index (κ2) is 6.86. The van der Waals surface area contributed by atoms with E-state index in [0.29, 0.717) is 0 Å². The molecule has 1 rings (SSSR count). The van der Waals surface area contributed by atoms with Crippen LogP contribution in [0.4, 0.5) is 4.39 Å². The van der Waals surface area contributed by atoms with Gasteiger partial charge in [-0.2, -0.15) is 0 Å². The van der Waals surface area contributed by atoms with Gasteiger partial charge in [0.05, 0.1) is 18.8 Å². The molecule has 25 heavy (non-hydrogen) atoms. The zero-order valence-electron chi connectivity index (χ0n) is 17.9. The summed E-state index contributed by atoms with van der Waals surface area (Å²) >= 11 is 0. The summed E-state index contributed by atoms with van der Waals surface area (Å²) in [6, 6.07) is 0. The molecule has 0 radical (unpaired) electrons. The maximum absolute atomic E-state index is 16.0. The molecular formula is C19H39FO3Si2. The first kappa shape index (κ1) is 23.0. The molecule has 0 aliphatic heterocycles. The van der Waals surface area contributed by atoms with Crippen LogP contribution in [0.5, 0.6) is 0 Å². The molecular weight excluding hydrogens is 351 g/mol. The Balaban J connectivity index is 3.05. The second-order valence-corrected chi connectivity index (χ2v) is 20.1. The van der Waals surface area contributed by atoms with Crippen LogP contribution in [0.25, 0.3) is 0 Å². The van der Waals surface area contributed by atoms with Crippen molar-refractivity contribution < 1.29 is 18.3 Å². The van der Waals surface area contributed by atoms with Crippen LogP contribution in [0.1, 0.15) is 48.0 Å². The SMILES string of the molecule is C=C1[C@H](O)C[C@H](O[Si](C)(C)C(C)(C)C)[C@@]1(F)CO[Si](C)(C)C(C)(C)C. The van der Waals surface area contributed by atoms with Crippen LogP contribution in [-0.2, 0) is 8.85 Å². The molecule has 0 spiro atoms. The lowest BCUT2D eigenvalue weighted by Crippen LogP contribution is -2.52. The number of hydrogen-bond acceptors (Lipinski definition) is 3. The minimum atomic E-state index is -2.17. The van der Waals surface area contributed by atoms with Crippen molar-refractivity contribution in [3.05, 3.63) is 12.2 Å². The fraction of sp³-hybridized carbons (Fsp3) is 0.895. The van der Waals surface area contributed by atoms with E-state index in [-0.39, 0.29) is 28.7 Å². The highest BCUT2D eigenvalue weighted by Gasteiger charge is 2.56. The zero-order chi connectivity index (χ0) is 20.1. The van der Waals surface area contributed by atoms with E-state index in [9.17, 15) is 5.11 Å². The van der Waals surface area contributed by atoms with Gasteiger partial charge in [0.1, 0.15) is 0 Å². The molecule has 0 heterocycles. The quantitative estimate of drug-likeness (QED) is 0.502. The molecule has 0 aromatic heterocycles. The molecule has 6 heteroatoms.